The summed E-state index contributed by atoms with van der Waals surface area (Å²) in [6, 6.07) is 0. The van der Waals surface area contributed by atoms with Crippen molar-refractivity contribution in [3.05, 3.63) is 18.2 Å². The number of nitrogens with two attached hydrogens (primary N) is 1. The number of nitrogens with one attached hydrogen (secondary N) is 1. The van der Waals surface area contributed by atoms with E-state index in [-0.39, 0.29) is 10.7 Å². The first-order valence-electron chi connectivity index (χ1n) is 6.24. The van der Waals surface area contributed by atoms with Gasteiger partial charge >= 0.3 is 0 Å². The molecule has 0 radical (unpaired) electrons. The molecule has 3 N–H and O–H groups in total. The number of rotatable bonds is 6. The fraction of sp³-hybridized carbons (Fsp3) is 0.667. The van der Waals surface area contributed by atoms with Gasteiger partial charge < -0.3 is 15.6 Å². The third kappa shape index (κ3) is 2.87. The molecule has 1 aliphatic carbocycles. The number of carbonyl (C=O) groups excluding carboxylic acids is 1. The van der Waals surface area contributed by atoms with Gasteiger partial charge in [0.2, 0.25) is 0 Å². The minimum absolute atomic E-state index is 0.0916. The SMILES string of the molecule is CSC1(CNC(=O)c2cn(CCN)cn2)CCC1. The smallest absolute Gasteiger partial charge is 0.271 e. The minimum Gasteiger partial charge on any atom is -0.349 e. The molecule has 0 bridgehead atoms. The van der Waals surface area contributed by atoms with Crippen molar-refractivity contribution in [2.24, 2.45) is 5.73 Å². The van der Waals surface area contributed by atoms with Crippen molar-refractivity contribution in [2.75, 3.05) is 19.3 Å². The zero-order chi connectivity index (χ0) is 13.0. The first kappa shape index (κ1) is 13.4. The highest BCUT2D eigenvalue weighted by molar-refractivity contribution is 8.00. The van der Waals surface area contributed by atoms with E-state index in [9.17, 15) is 4.79 Å². The normalized spacial score (nSPS) is 17.2. The Morgan fingerprint density at radius 1 is 1.67 bits per heavy atom. The Balaban J connectivity index is 1.87. The Morgan fingerprint density at radius 2 is 2.44 bits per heavy atom. The van der Waals surface area contributed by atoms with Crippen LogP contribution < -0.4 is 11.1 Å². The molecule has 18 heavy (non-hydrogen) atoms. The predicted molar refractivity (Wildman–Crippen MR) is 73.7 cm³/mol. The maximum atomic E-state index is 11.9. The van der Waals surface area contributed by atoms with Gasteiger partial charge in [-0.25, -0.2) is 4.98 Å². The first-order chi connectivity index (χ1) is 8.69. The second-order valence-electron chi connectivity index (χ2n) is 4.71. The lowest BCUT2D eigenvalue weighted by atomic mass is 9.84. The van der Waals surface area contributed by atoms with Crippen LogP contribution in [-0.4, -0.2) is 39.6 Å². The summed E-state index contributed by atoms with van der Waals surface area (Å²) in [5.41, 5.74) is 5.92. The van der Waals surface area contributed by atoms with Gasteiger partial charge in [-0.2, -0.15) is 11.8 Å². The monoisotopic (exact) mass is 268 g/mol. The van der Waals surface area contributed by atoms with E-state index in [1.807, 2.05) is 16.3 Å². The van der Waals surface area contributed by atoms with Gasteiger partial charge in [0.15, 0.2) is 0 Å². The molecule has 0 aliphatic heterocycles. The van der Waals surface area contributed by atoms with Gasteiger partial charge in [-0.15, -0.1) is 0 Å². The molecule has 1 heterocycles. The molecule has 1 fully saturated rings. The molecule has 100 valence electrons. The summed E-state index contributed by atoms with van der Waals surface area (Å²) in [4.78, 5) is 16.0. The number of nitrogens with zero attached hydrogens (tertiary/aromatic N) is 2. The molecule has 0 aromatic carbocycles. The number of thioether (sulfide) groups is 1. The van der Waals surface area contributed by atoms with Crippen LogP contribution in [0.5, 0.6) is 0 Å². The third-order valence-electron chi connectivity index (χ3n) is 3.52. The van der Waals surface area contributed by atoms with E-state index in [0.29, 0.717) is 18.8 Å². The van der Waals surface area contributed by atoms with Crippen LogP contribution in [0.25, 0.3) is 0 Å². The van der Waals surface area contributed by atoms with Crippen LogP contribution in [0.3, 0.4) is 0 Å². The fourth-order valence-electron chi connectivity index (χ4n) is 2.10. The Kier molecular flexibility index (Phi) is 4.29. The summed E-state index contributed by atoms with van der Waals surface area (Å²) in [7, 11) is 0. The van der Waals surface area contributed by atoms with Crippen LogP contribution in [-0.2, 0) is 6.54 Å². The summed E-state index contributed by atoms with van der Waals surface area (Å²) in [5.74, 6) is -0.0916. The van der Waals surface area contributed by atoms with Crippen LogP contribution >= 0.6 is 11.8 Å². The average molecular weight is 268 g/mol. The highest BCUT2D eigenvalue weighted by Crippen LogP contribution is 2.42. The maximum absolute atomic E-state index is 11.9. The van der Waals surface area contributed by atoms with Gasteiger partial charge in [-0.3, -0.25) is 4.79 Å². The Bertz CT molecular complexity index is 408. The van der Waals surface area contributed by atoms with Crippen molar-refractivity contribution in [3.8, 4) is 0 Å². The van der Waals surface area contributed by atoms with Crippen LogP contribution in [0, 0.1) is 0 Å². The summed E-state index contributed by atoms with van der Waals surface area (Å²) in [6.07, 6.45) is 9.15. The highest BCUT2D eigenvalue weighted by Gasteiger charge is 2.36. The maximum Gasteiger partial charge on any atom is 0.271 e. The second-order valence-corrected chi connectivity index (χ2v) is 5.98. The van der Waals surface area contributed by atoms with E-state index >= 15 is 0 Å². The Morgan fingerprint density at radius 3 is 3.00 bits per heavy atom. The van der Waals surface area contributed by atoms with Gasteiger partial charge in [0.05, 0.1) is 6.33 Å². The number of hydrogen-bond acceptors (Lipinski definition) is 4. The number of aromatic nitrogens is 2. The van der Waals surface area contributed by atoms with E-state index in [1.165, 1.54) is 19.3 Å². The quantitative estimate of drug-likeness (QED) is 0.802. The molecular formula is C12H20N4OS. The second kappa shape index (κ2) is 5.75. The number of hydrogen-bond donors (Lipinski definition) is 2. The lowest BCUT2D eigenvalue weighted by Crippen LogP contribution is -2.45. The van der Waals surface area contributed by atoms with Gasteiger partial charge in [0.25, 0.3) is 5.91 Å². The van der Waals surface area contributed by atoms with Crippen molar-refractivity contribution in [1.82, 2.24) is 14.9 Å². The Hall–Kier alpha value is -1.01. The minimum atomic E-state index is -0.0916. The van der Waals surface area contributed by atoms with Crippen molar-refractivity contribution < 1.29 is 4.79 Å². The van der Waals surface area contributed by atoms with Gasteiger partial charge in [-0.1, -0.05) is 6.42 Å². The van der Waals surface area contributed by atoms with Crippen LogP contribution in [0.1, 0.15) is 29.8 Å². The lowest BCUT2D eigenvalue weighted by Gasteiger charge is -2.40. The zero-order valence-electron chi connectivity index (χ0n) is 10.7. The summed E-state index contributed by atoms with van der Waals surface area (Å²) >= 11 is 1.85. The number of imidazole rings is 1. The van der Waals surface area contributed by atoms with Crippen LogP contribution in [0.4, 0.5) is 0 Å². The highest BCUT2D eigenvalue weighted by atomic mass is 32.2. The molecule has 0 spiro atoms. The number of amides is 1. The van der Waals surface area contributed by atoms with E-state index < -0.39 is 0 Å². The van der Waals surface area contributed by atoms with E-state index in [2.05, 4.69) is 16.6 Å². The lowest BCUT2D eigenvalue weighted by molar-refractivity contribution is 0.0939. The molecule has 1 saturated carbocycles. The molecular weight excluding hydrogens is 248 g/mol. The van der Waals surface area contributed by atoms with Crippen molar-refractivity contribution in [3.63, 3.8) is 0 Å². The van der Waals surface area contributed by atoms with Gasteiger partial charge in [-0.05, 0) is 19.1 Å². The largest absolute Gasteiger partial charge is 0.349 e. The summed E-state index contributed by atoms with van der Waals surface area (Å²) in [5, 5.41) is 2.98. The van der Waals surface area contributed by atoms with Crippen molar-refractivity contribution >= 4 is 17.7 Å². The van der Waals surface area contributed by atoms with E-state index in [0.717, 1.165) is 6.54 Å². The molecule has 2 rings (SSSR count). The van der Waals surface area contributed by atoms with E-state index in [1.54, 1.807) is 12.5 Å². The standard InChI is InChI=1S/C12H20N4OS/c1-18-12(3-2-4-12)8-14-11(17)10-7-16(6-5-13)9-15-10/h7,9H,2-6,8,13H2,1H3,(H,14,17). The summed E-state index contributed by atoms with van der Waals surface area (Å²) < 4.78 is 2.10. The van der Waals surface area contributed by atoms with E-state index in [4.69, 9.17) is 5.73 Å². The first-order valence-corrected chi connectivity index (χ1v) is 7.47. The third-order valence-corrected chi connectivity index (χ3v) is 4.94. The van der Waals surface area contributed by atoms with Gasteiger partial charge in [0, 0.05) is 30.6 Å². The zero-order valence-corrected chi connectivity index (χ0v) is 11.5. The molecule has 0 unspecified atom stereocenters. The molecule has 5 nitrogen and oxygen atoms in total. The number of carbonyl (C=O) groups is 1. The Labute approximate surface area is 112 Å². The van der Waals surface area contributed by atoms with Crippen LogP contribution in [0.2, 0.25) is 0 Å². The molecule has 1 amide bonds. The average Bonchev–Trinajstić information content (AvgIpc) is 2.77. The molecule has 1 aromatic rings. The van der Waals surface area contributed by atoms with Crippen molar-refractivity contribution in [1.29, 1.82) is 0 Å². The van der Waals surface area contributed by atoms with Gasteiger partial charge in [0.1, 0.15) is 5.69 Å². The fourth-order valence-corrected chi connectivity index (χ4v) is 3.02. The molecule has 1 aliphatic rings. The molecule has 1 aromatic heterocycles. The molecule has 0 saturated heterocycles. The molecule has 6 heteroatoms. The predicted octanol–water partition coefficient (Wildman–Crippen LogP) is 0.857. The molecule has 0 atom stereocenters. The summed E-state index contributed by atoms with van der Waals surface area (Å²) in [6.45, 7) is 1.97. The van der Waals surface area contributed by atoms with Crippen LogP contribution in [0.15, 0.2) is 12.5 Å². The van der Waals surface area contributed by atoms with Crippen molar-refractivity contribution in [2.45, 2.75) is 30.6 Å². The topological polar surface area (TPSA) is 72.9 Å².